The highest BCUT2D eigenvalue weighted by atomic mass is 16.5. The predicted octanol–water partition coefficient (Wildman–Crippen LogP) is 2.30. The van der Waals surface area contributed by atoms with Crippen LogP contribution in [-0.4, -0.2) is 50.7 Å². The van der Waals surface area contributed by atoms with E-state index in [2.05, 4.69) is 4.98 Å². The van der Waals surface area contributed by atoms with Gasteiger partial charge in [0, 0.05) is 35.2 Å². The van der Waals surface area contributed by atoms with E-state index in [-0.39, 0.29) is 53.5 Å². The fourth-order valence-corrected chi connectivity index (χ4v) is 7.86. The molecule has 2 aromatic heterocycles. The molecule has 0 radical (unpaired) electrons. The minimum Gasteiger partial charge on any atom is -0.484 e. The van der Waals surface area contributed by atoms with E-state index in [4.69, 9.17) is 13.9 Å². The van der Waals surface area contributed by atoms with Gasteiger partial charge in [-0.3, -0.25) is 9.59 Å². The third-order valence-electron chi connectivity index (χ3n) is 10.2. The zero-order valence-electron chi connectivity index (χ0n) is 22.3. The molecular formula is C29H35NO9. The summed E-state index contributed by atoms with van der Waals surface area (Å²) in [6.45, 7) is 5.38. The Balaban J connectivity index is 1.40. The second-order valence-corrected chi connectivity index (χ2v) is 12.5. The van der Waals surface area contributed by atoms with Crippen LogP contribution in [0, 0.1) is 28.6 Å². The molecule has 4 N–H and O–H groups in total. The summed E-state index contributed by atoms with van der Waals surface area (Å²) in [5, 5.41) is 34.0. The number of H-pyrrole nitrogens is 1. The summed E-state index contributed by atoms with van der Waals surface area (Å²) >= 11 is 0. The van der Waals surface area contributed by atoms with Gasteiger partial charge in [-0.1, -0.05) is 13.8 Å². The van der Waals surface area contributed by atoms with Crippen molar-refractivity contribution in [2.24, 2.45) is 28.6 Å². The molecule has 0 amide bonds. The number of fused-ring (bicyclic) bond motifs is 4. The maximum atomic E-state index is 13.2. The summed E-state index contributed by atoms with van der Waals surface area (Å²) < 4.78 is 17.9. The Bertz CT molecular complexity index is 1410. The first-order chi connectivity index (χ1) is 18.4. The molecule has 10 heteroatoms. The standard InChI is InChI=1S/C29H35NO9/c1-27-9-8-20(38-25(35)14-4-5-14)28(2,13-31)18(27)11-19(32)29(3)24(27)23(34)22-17(39-29)10-16(37-26(22)36)15-6-7-21(33)30-12-15/h6-7,10,12,14,18-20,23-24,31-32,34H,4-5,8-9,11,13H2,1-3H3,(H,30,33)/t18-,19+,20+,23+,24-,27+,28+,29-/m1/s1. The van der Waals surface area contributed by atoms with Crippen LogP contribution in [-0.2, 0) is 9.53 Å². The van der Waals surface area contributed by atoms with E-state index in [1.807, 2.05) is 13.8 Å². The predicted molar refractivity (Wildman–Crippen MR) is 138 cm³/mol. The van der Waals surface area contributed by atoms with Gasteiger partial charge in [0.05, 0.1) is 24.7 Å². The molecule has 3 saturated carbocycles. The quantitative estimate of drug-likeness (QED) is 0.426. The number of ether oxygens (including phenoxy) is 2. The number of aromatic amines is 1. The second-order valence-electron chi connectivity index (χ2n) is 12.5. The minimum absolute atomic E-state index is 0.0206. The van der Waals surface area contributed by atoms with Crippen LogP contribution in [0.3, 0.4) is 0 Å². The van der Waals surface area contributed by atoms with Crippen LogP contribution in [0.2, 0.25) is 0 Å². The number of hydrogen-bond donors (Lipinski definition) is 4. The Kier molecular flexibility index (Phi) is 5.91. The van der Waals surface area contributed by atoms with Gasteiger partial charge in [0.2, 0.25) is 5.56 Å². The molecule has 0 spiro atoms. The van der Waals surface area contributed by atoms with E-state index in [0.717, 1.165) is 12.8 Å². The highest BCUT2D eigenvalue weighted by Crippen LogP contribution is 2.67. The summed E-state index contributed by atoms with van der Waals surface area (Å²) in [7, 11) is 0. The van der Waals surface area contributed by atoms with Crippen molar-refractivity contribution < 1.29 is 34.0 Å². The van der Waals surface area contributed by atoms with Crippen molar-refractivity contribution in [2.75, 3.05) is 6.61 Å². The van der Waals surface area contributed by atoms with Crippen LogP contribution < -0.4 is 15.9 Å². The summed E-state index contributed by atoms with van der Waals surface area (Å²) in [4.78, 5) is 39.8. The highest BCUT2D eigenvalue weighted by molar-refractivity contribution is 5.75. The highest BCUT2D eigenvalue weighted by Gasteiger charge is 2.69. The molecule has 4 aliphatic rings. The summed E-state index contributed by atoms with van der Waals surface area (Å²) in [5.41, 5.74) is -3.42. The third kappa shape index (κ3) is 3.82. The number of carbonyl (C=O) groups is 1. The van der Waals surface area contributed by atoms with Crippen LogP contribution in [0.5, 0.6) is 5.75 Å². The molecule has 0 unspecified atom stereocenters. The number of hydrogen-bond acceptors (Lipinski definition) is 9. The van der Waals surface area contributed by atoms with Gasteiger partial charge in [-0.15, -0.1) is 0 Å². The molecule has 210 valence electrons. The first-order valence-corrected chi connectivity index (χ1v) is 13.7. The number of aromatic nitrogens is 1. The molecule has 8 atom stereocenters. The van der Waals surface area contributed by atoms with Crippen LogP contribution in [0.15, 0.2) is 38.4 Å². The lowest BCUT2D eigenvalue weighted by Crippen LogP contribution is -2.70. The number of esters is 1. The van der Waals surface area contributed by atoms with Crippen molar-refractivity contribution in [3.63, 3.8) is 0 Å². The van der Waals surface area contributed by atoms with Crippen molar-refractivity contribution in [2.45, 2.75) is 76.8 Å². The lowest BCUT2D eigenvalue weighted by Gasteiger charge is -2.66. The summed E-state index contributed by atoms with van der Waals surface area (Å²) in [5.74, 6) is -1.08. The minimum atomic E-state index is -1.31. The van der Waals surface area contributed by atoms with E-state index in [1.54, 1.807) is 6.92 Å². The number of aliphatic hydroxyl groups is 3. The average Bonchev–Trinajstić information content (AvgIpc) is 3.73. The fourth-order valence-electron chi connectivity index (χ4n) is 7.86. The van der Waals surface area contributed by atoms with E-state index in [1.165, 1.54) is 24.4 Å². The molecule has 3 heterocycles. The van der Waals surface area contributed by atoms with Gasteiger partial charge in [-0.25, -0.2) is 4.79 Å². The average molecular weight is 542 g/mol. The van der Waals surface area contributed by atoms with Crippen LogP contribution in [0.1, 0.15) is 64.5 Å². The van der Waals surface area contributed by atoms with E-state index >= 15 is 0 Å². The van der Waals surface area contributed by atoms with Crippen molar-refractivity contribution in [3.05, 3.63) is 50.7 Å². The van der Waals surface area contributed by atoms with Gasteiger partial charge in [0.25, 0.3) is 0 Å². The van der Waals surface area contributed by atoms with E-state index in [9.17, 15) is 29.7 Å². The first kappa shape index (κ1) is 26.3. The van der Waals surface area contributed by atoms with Crippen molar-refractivity contribution in [3.8, 4) is 17.1 Å². The van der Waals surface area contributed by atoms with Crippen molar-refractivity contribution >= 4 is 5.97 Å². The molecule has 2 aromatic rings. The molecule has 1 aliphatic heterocycles. The molecule has 0 saturated heterocycles. The zero-order valence-corrected chi connectivity index (χ0v) is 22.3. The molecule has 39 heavy (non-hydrogen) atoms. The molecule has 3 aliphatic carbocycles. The SMILES string of the molecule is C[C@]1(CO)[C@@H]2C[C@H](O)[C@@]3(C)Oc4cc(-c5ccc(=O)[nH]c5)oc(=O)c4[C@H](O)[C@@H]3[C@@]2(C)CC[C@@H]1OC(=O)C1CC1. The van der Waals surface area contributed by atoms with Gasteiger partial charge >= 0.3 is 11.6 Å². The lowest BCUT2D eigenvalue weighted by atomic mass is 9.42. The van der Waals surface area contributed by atoms with Gasteiger partial charge in [-0.2, -0.15) is 0 Å². The second kappa shape index (κ2) is 8.78. The van der Waals surface area contributed by atoms with Crippen LogP contribution >= 0.6 is 0 Å². The zero-order chi connectivity index (χ0) is 27.9. The van der Waals surface area contributed by atoms with Crippen molar-refractivity contribution in [1.82, 2.24) is 4.98 Å². The molecule has 0 aromatic carbocycles. The Morgan fingerprint density at radius 3 is 2.54 bits per heavy atom. The number of aliphatic hydroxyl groups excluding tert-OH is 3. The van der Waals surface area contributed by atoms with Gasteiger partial charge in [0.1, 0.15) is 28.8 Å². The van der Waals surface area contributed by atoms with Crippen molar-refractivity contribution in [1.29, 1.82) is 0 Å². The Hall–Kier alpha value is -2.95. The Labute approximate surface area is 225 Å². The summed E-state index contributed by atoms with van der Waals surface area (Å²) in [6.07, 6.45) is 1.45. The third-order valence-corrected chi connectivity index (χ3v) is 10.2. The molecule has 10 nitrogen and oxygen atoms in total. The van der Waals surface area contributed by atoms with Gasteiger partial charge in [-0.05, 0) is 56.4 Å². The Morgan fingerprint density at radius 1 is 1.15 bits per heavy atom. The monoisotopic (exact) mass is 541 g/mol. The van der Waals surface area contributed by atoms with E-state index < -0.39 is 46.3 Å². The van der Waals surface area contributed by atoms with Crippen LogP contribution in [0.4, 0.5) is 0 Å². The largest absolute Gasteiger partial charge is 0.484 e. The normalized spacial score (nSPS) is 39.1. The molecular weight excluding hydrogens is 506 g/mol. The number of pyridine rings is 1. The van der Waals surface area contributed by atoms with E-state index in [0.29, 0.717) is 18.4 Å². The molecule has 0 bridgehead atoms. The summed E-state index contributed by atoms with van der Waals surface area (Å²) in [6, 6.07) is 4.32. The topological polar surface area (TPSA) is 159 Å². The van der Waals surface area contributed by atoms with Crippen LogP contribution in [0.25, 0.3) is 11.3 Å². The fraction of sp³-hybridized carbons (Fsp3) is 0.621. The molecule has 6 rings (SSSR count). The number of nitrogens with one attached hydrogen (secondary N) is 1. The Morgan fingerprint density at radius 2 is 1.90 bits per heavy atom. The van der Waals surface area contributed by atoms with Gasteiger partial charge < -0.3 is 34.2 Å². The maximum Gasteiger partial charge on any atom is 0.345 e. The lowest BCUT2D eigenvalue weighted by molar-refractivity contribution is -0.266. The smallest absolute Gasteiger partial charge is 0.345 e. The first-order valence-electron chi connectivity index (χ1n) is 13.7. The number of carbonyl (C=O) groups excluding carboxylic acids is 1. The molecule has 3 fully saturated rings. The maximum absolute atomic E-state index is 13.2. The van der Waals surface area contributed by atoms with Gasteiger partial charge in [0.15, 0.2) is 0 Å². The number of rotatable bonds is 4.